The molecule has 0 aromatic carbocycles. The van der Waals surface area contributed by atoms with Crippen molar-refractivity contribution in [1.82, 2.24) is 0 Å². The Balaban J connectivity index is 3.25. The summed E-state index contributed by atoms with van der Waals surface area (Å²) in [6, 6.07) is 0. The van der Waals surface area contributed by atoms with E-state index in [0.29, 0.717) is 0 Å². The number of hydrogen-bond donors (Lipinski definition) is 0. The molecule has 0 bridgehead atoms. The van der Waals surface area contributed by atoms with Crippen molar-refractivity contribution in [2.75, 3.05) is 0 Å². The van der Waals surface area contributed by atoms with E-state index < -0.39 is 5.43 Å². The van der Waals surface area contributed by atoms with Crippen molar-refractivity contribution >= 4 is 17.0 Å². The molecule has 1 atom stereocenters. The summed E-state index contributed by atoms with van der Waals surface area (Å²) in [5.41, 5.74) is -0.654. The zero-order valence-corrected chi connectivity index (χ0v) is 17.0. The van der Waals surface area contributed by atoms with Gasteiger partial charge in [-0.25, -0.2) is 4.79 Å². The second-order valence-electron chi connectivity index (χ2n) is 7.15. The molecule has 0 aliphatic heterocycles. The standard InChI is InChI=1S/C21H41ClO2/c1-3-5-6-7-8-9-10-11-12-13-14-15-16-17-19-20(18-4-2)24-21(22)23/h20H,3-19H2,1-2H3. The summed E-state index contributed by atoms with van der Waals surface area (Å²) in [5.74, 6) is 0. The molecule has 0 aliphatic rings. The SMILES string of the molecule is CCCCCCCCCCCCCCCCC(CCC)OC(=O)Cl. The summed E-state index contributed by atoms with van der Waals surface area (Å²) in [6.07, 6.45) is 22.1. The fourth-order valence-electron chi connectivity index (χ4n) is 3.28. The van der Waals surface area contributed by atoms with E-state index >= 15 is 0 Å². The Labute approximate surface area is 156 Å². The van der Waals surface area contributed by atoms with E-state index in [1.807, 2.05) is 0 Å². The Morgan fingerprint density at radius 1 is 0.667 bits per heavy atom. The van der Waals surface area contributed by atoms with E-state index in [0.717, 1.165) is 25.7 Å². The van der Waals surface area contributed by atoms with E-state index in [1.165, 1.54) is 83.5 Å². The first-order chi connectivity index (χ1) is 11.7. The van der Waals surface area contributed by atoms with Gasteiger partial charge in [0.15, 0.2) is 0 Å². The van der Waals surface area contributed by atoms with Crippen molar-refractivity contribution in [2.45, 2.75) is 129 Å². The zero-order chi connectivity index (χ0) is 17.9. The molecule has 1 unspecified atom stereocenters. The third-order valence-electron chi connectivity index (χ3n) is 4.75. The summed E-state index contributed by atoms with van der Waals surface area (Å²) < 4.78 is 5.13. The van der Waals surface area contributed by atoms with Crippen LogP contribution in [0.15, 0.2) is 0 Å². The van der Waals surface area contributed by atoms with Crippen LogP contribution in [0.2, 0.25) is 0 Å². The Morgan fingerprint density at radius 2 is 1.08 bits per heavy atom. The van der Waals surface area contributed by atoms with Crippen LogP contribution in [-0.4, -0.2) is 11.5 Å². The number of halogens is 1. The van der Waals surface area contributed by atoms with E-state index in [9.17, 15) is 4.79 Å². The van der Waals surface area contributed by atoms with Gasteiger partial charge in [0.1, 0.15) is 6.10 Å². The third-order valence-corrected chi connectivity index (χ3v) is 4.84. The second-order valence-corrected chi connectivity index (χ2v) is 7.46. The average Bonchev–Trinajstić information content (AvgIpc) is 2.54. The largest absolute Gasteiger partial charge is 0.450 e. The molecule has 0 spiro atoms. The number of rotatable bonds is 18. The summed E-state index contributed by atoms with van der Waals surface area (Å²) in [4.78, 5) is 10.8. The Hall–Kier alpha value is -0.240. The maximum atomic E-state index is 10.8. The minimum absolute atomic E-state index is 0.0253. The minimum Gasteiger partial charge on any atom is -0.450 e. The summed E-state index contributed by atoms with van der Waals surface area (Å²) in [7, 11) is 0. The Kier molecular flexibility index (Phi) is 18.9. The first-order valence-electron chi connectivity index (χ1n) is 10.6. The molecule has 0 fully saturated rings. The van der Waals surface area contributed by atoms with Crippen LogP contribution in [-0.2, 0) is 4.74 Å². The van der Waals surface area contributed by atoms with Gasteiger partial charge >= 0.3 is 5.43 Å². The van der Waals surface area contributed by atoms with E-state index in [-0.39, 0.29) is 6.10 Å². The zero-order valence-electron chi connectivity index (χ0n) is 16.3. The predicted octanol–water partition coefficient (Wildman–Crippen LogP) is 8.40. The molecule has 0 aromatic rings. The fraction of sp³-hybridized carbons (Fsp3) is 0.952. The maximum absolute atomic E-state index is 10.8. The fourth-order valence-corrected chi connectivity index (χ4v) is 3.41. The monoisotopic (exact) mass is 360 g/mol. The highest BCUT2D eigenvalue weighted by Gasteiger charge is 2.11. The van der Waals surface area contributed by atoms with Crippen molar-refractivity contribution < 1.29 is 9.53 Å². The van der Waals surface area contributed by atoms with Gasteiger partial charge in [0.2, 0.25) is 0 Å². The van der Waals surface area contributed by atoms with Crippen LogP contribution in [0.5, 0.6) is 0 Å². The van der Waals surface area contributed by atoms with Crippen LogP contribution in [0.4, 0.5) is 4.79 Å². The lowest BCUT2D eigenvalue weighted by Crippen LogP contribution is -2.14. The second kappa shape index (κ2) is 19.1. The molecule has 0 amide bonds. The molecule has 0 aromatic heterocycles. The van der Waals surface area contributed by atoms with Gasteiger partial charge in [-0.2, -0.15) is 0 Å². The minimum atomic E-state index is -0.654. The highest BCUT2D eigenvalue weighted by molar-refractivity contribution is 6.61. The number of unbranched alkanes of at least 4 members (excludes halogenated alkanes) is 13. The molecule has 0 radical (unpaired) electrons. The molecule has 144 valence electrons. The van der Waals surface area contributed by atoms with Crippen LogP contribution >= 0.6 is 11.6 Å². The van der Waals surface area contributed by atoms with Crippen LogP contribution < -0.4 is 0 Å². The van der Waals surface area contributed by atoms with Crippen molar-refractivity contribution in [3.63, 3.8) is 0 Å². The normalized spacial score (nSPS) is 12.3. The summed E-state index contributed by atoms with van der Waals surface area (Å²) in [6.45, 7) is 4.39. The highest BCUT2D eigenvalue weighted by atomic mass is 35.5. The van der Waals surface area contributed by atoms with E-state index in [2.05, 4.69) is 13.8 Å². The summed E-state index contributed by atoms with van der Waals surface area (Å²) >= 11 is 5.31. The molecule has 3 heteroatoms. The molecule has 0 rings (SSSR count). The Bertz CT molecular complexity index is 269. The maximum Gasteiger partial charge on any atom is 0.404 e. The number of ether oxygens (including phenoxy) is 1. The highest BCUT2D eigenvalue weighted by Crippen LogP contribution is 2.16. The third kappa shape index (κ3) is 18.1. The molecule has 0 aliphatic carbocycles. The van der Waals surface area contributed by atoms with Gasteiger partial charge in [0.05, 0.1) is 0 Å². The van der Waals surface area contributed by atoms with Crippen LogP contribution in [0.25, 0.3) is 0 Å². The van der Waals surface area contributed by atoms with Gasteiger partial charge < -0.3 is 4.74 Å². The molecule has 24 heavy (non-hydrogen) atoms. The van der Waals surface area contributed by atoms with E-state index in [4.69, 9.17) is 16.3 Å². The Morgan fingerprint density at radius 3 is 1.46 bits per heavy atom. The van der Waals surface area contributed by atoms with Gasteiger partial charge in [0.25, 0.3) is 0 Å². The lowest BCUT2D eigenvalue weighted by molar-refractivity contribution is 0.107. The van der Waals surface area contributed by atoms with Crippen molar-refractivity contribution in [3.8, 4) is 0 Å². The molecule has 0 saturated heterocycles. The van der Waals surface area contributed by atoms with Crippen molar-refractivity contribution in [1.29, 1.82) is 0 Å². The van der Waals surface area contributed by atoms with Gasteiger partial charge in [-0.15, -0.1) is 0 Å². The lowest BCUT2D eigenvalue weighted by atomic mass is 10.0. The average molecular weight is 361 g/mol. The first kappa shape index (κ1) is 23.8. The van der Waals surface area contributed by atoms with Crippen LogP contribution in [0.1, 0.15) is 123 Å². The van der Waals surface area contributed by atoms with Crippen molar-refractivity contribution in [3.05, 3.63) is 0 Å². The van der Waals surface area contributed by atoms with Gasteiger partial charge in [-0.05, 0) is 19.3 Å². The summed E-state index contributed by atoms with van der Waals surface area (Å²) in [5, 5.41) is 0. The smallest absolute Gasteiger partial charge is 0.404 e. The van der Waals surface area contributed by atoms with Crippen LogP contribution in [0, 0.1) is 0 Å². The number of hydrogen-bond acceptors (Lipinski definition) is 2. The number of carbonyl (C=O) groups is 1. The molecular formula is C21H41ClO2. The van der Waals surface area contributed by atoms with Crippen LogP contribution in [0.3, 0.4) is 0 Å². The van der Waals surface area contributed by atoms with Gasteiger partial charge in [-0.3, -0.25) is 0 Å². The van der Waals surface area contributed by atoms with E-state index in [1.54, 1.807) is 0 Å². The lowest BCUT2D eigenvalue weighted by Gasteiger charge is -2.15. The van der Waals surface area contributed by atoms with Gasteiger partial charge in [-0.1, -0.05) is 104 Å². The topological polar surface area (TPSA) is 26.3 Å². The quantitative estimate of drug-likeness (QED) is 0.181. The molecule has 0 heterocycles. The van der Waals surface area contributed by atoms with Crippen molar-refractivity contribution in [2.24, 2.45) is 0 Å². The molecule has 2 nitrogen and oxygen atoms in total. The first-order valence-corrected chi connectivity index (χ1v) is 10.9. The molecular weight excluding hydrogens is 320 g/mol. The molecule has 0 N–H and O–H groups in total. The molecule has 0 saturated carbocycles. The number of carbonyl (C=O) groups excluding carboxylic acids is 1. The van der Waals surface area contributed by atoms with Gasteiger partial charge in [0, 0.05) is 11.6 Å². The predicted molar refractivity (Wildman–Crippen MR) is 106 cm³/mol.